The first-order chi connectivity index (χ1) is 4.66. The van der Waals surface area contributed by atoms with Crippen molar-refractivity contribution in [1.29, 1.82) is 0 Å². The molecule has 2 bridgehead atoms. The van der Waals surface area contributed by atoms with Crippen LogP contribution in [0.25, 0.3) is 0 Å². The van der Waals surface area contributed by atoms with Crippen molar-refractivity contribution in [1.82, 2.24) is 5.32 Å². The van der Waals surface area contributed by atoms with Gasteiger partial charge < -0.3 is 5.32 Å². The Morgan fingerprint density at radius 3 is 2.10 bits per heavy atom. The van der Waals surface area contributed by atoms with Crippen LogP contribution in [0.15, 0.2) is 0 Å². The van der Waals surface area contributed by atoms with E-state index in [1.807, 2.05) is 0 Å². The predicted molar refractivity (Wildman–Crippen MR) is 34.1 cm³/mol. The van der Waals surface area contributed by atoms with Gasteiger partial charge in [0.05, 0.1) is 0 Å². The Balaban J connectivity index is 2.09. The molecule has 2 saturated heterocycles. The van der Waals surface area contributed by atoms with Crippen molar-refractivity contribution < 1.29 is 8.78 Å². The van der Waals surface area contributed by atoms with E-state index in [2.05, 4.69) is 5.32 Å². The molecule has 0 aromatic rings. The first-order valence-corrected chi connectivity index (χ1v) is 3.80. The fourth-order valence-corrected chi connectivity index (χ4v) is 2.03. The van der Waals surface area contributed by atoms with Gasteiger partial charge in [0.25, 0.3) is 5.92 Å². The summed E-state index contributed by atoms with van der Waals surface area (Å²) in [5.41, 5.74) is 0. The molecular formula is C7H11F2N. The molecule has 0 radical (unpaired) electrons. The lowest BCUT2D eigenvalue weighted by molar-refractivity contribution is -0.0433. The topological polar surface area (TPSA) is 12.0 Å². The Bertz CT molecular complexity index is 133. The summed E-state index contributed by atoms with van der Waals surface area (Å²) < 4.78 is 25.4. The molecule has 2 heterocycles. The molecule has 2 aliphatic heterocycles. The molecular weight excluding hydrogens is 136 g/mol. The van der Waals surface area contributed by atoms with Crippen molar-refractivity contribution in [3.63, 3.8) is 0 Å². The zero-order chi connectivity index (χ0) is 7.19. The van der Waals surface area contributed by atoms with E-state index in [9.17, 15) is 8.78 Å². The van der Waals surface area contributed by atoms with Crippen molar-refractivity contribution in [2.24, 2.45) is 0 Å². The summed E-state index contributed by atoms with van der Waals surface area (Å²) in [6.45, 7) is 0. The lowest BCUT2D eigenvalue weighted by Crippen LogP contribution is -2.43. The van der Waals surface area contributed by atoms with E-state index in [0.717, 1.165) is 12.8 Å². The van der Waals surface area contributed by atoms with E-state index >= 15 is 0 Å². The number of nitrogens with one attached hydrogen (secondary N) is 1. The second-order valence-electron chi connectivity index (χ2n) is 3.40. The number of fused-ring (bicyclic) bond motifs is 2. The lowest BCUT2D eigenvalue weighted by atomic mass is 10.0. The molecule has 0 unspecified atom stereocenters. The summed E-state index contributed by atoms with van der Waals surface area (Å²) in [4.78, 5) is 0. The molecule has 2 fully saturated rings. The minimum absolute atomic E-state index is 0.0590. The summed E-state index contributed by atoms with van der Waals surface area (Å²) in [6, 6.07) is 0.211. The fraction of sp³-hybridized carbons (Fsp3) is 1.00. The van der Waals surface area contributed by atoms with Gasteiger partial charge in [-0.2, -0.15) is 0 Å². The molecule has 10 heavy (non-hydrogen) atoms. The van der Waals surface area contributed by atoms with Crippen LogP contribution in [0, 0.1) is 0 Å². The van der Waals surface area contributed by atoms with Crippen LogP contribution in [-0.2, 0) is 0 Å². The zero-order valence-corrected chi connectivity index (χ0v) is 5.74. The Labute approximate surface area is 58.8 Å². The van der Waals surface area contributed by atoms with E-state index in [1.165, 1.54) is 0 Å². The third-order valence-electron chi connectivity index (χ3n) is 2.43. The summed E-state index contributed by atoms with van der Waals surface area (Å²) in [7, 11) is 0. The summed E-state index contributed by atoms with van der Waals surface area (Å²) in [5, 5.41) is 3.17. The molecule has 1 nitrogen and oxygen atoms in total. The Hall–Kier alpha value is -0.180. The van der Waals surface area contributed by atoms with E-state index < -0.39 is 5.92 Å². The number of alkyl halides is 2. The van der Waals surface area contributed by atoms with Gasteiger partial charge >= 0.3 is 0 Å². The smallest absolute Gasteiger partial charge is 0.251 e. The predicted octanol–water partition coefficient (Wildman–Crippen LogP) is 1.54. The van der Waals surface area contributed by atoms with Crippen LogP contribution in [0.1, 0.15) is 25.7 Å². The molecule has 0 aliphatic carbocycles. The van der Waals surface area contributed by atoms with Gasteiger partial charge in [-0.3, -0.25) is 0 Å². The molecule has 1 N–H and O–H groups in total. The van der Waals surface area contributed by atoms with Gasteiger partial charge in [0.15, 0.2) is 0 Å². The van der Waals surface area contributed by atoms with E-state index in [-0.39, 0.29) is 24.9 Å². The average molecular weight is 147 g/mol. The molecule has 0 aromatic carbocycles. The number of rotatable bonds is 0. The molecule has 58 valence electrons. The highest BCUT2D eigenvalue weighted by Gasteiger charge is 2.44. The SMILES string of the molecule is FC1(F)C[C@H]2CC[C@@H](C1)N2. The van der Waals surface area contributed by atoms with Gasteiger partial charge in [0.1, 0.15) is 0 Å². The second kappa shape index (κ2) is 1.91. The van der Waals surface area contributed by atoms with E-state index in [1.54, 1.807) is 0 Å². The quantitative estimate of drug-likeness (QED) is 0.548. The van der Waals surface area contributed by atoms with Gasteiger partial charge in [0, 0.05) is 24.9 Å². The van der Waals surface area contributed by atoms with Crippen LogP contribution in [0.4, 0.5) is 8.78 Å². The first kappa shape index (κ1) is 6.53. The summed E-state index contributed by atoms with van der Waals surface area (Å²) in [5.74, 6) is -2.38. The van der Waals surface area contributed by atoms with Crippen molar-refractivity contribution in [2.75, 3.05) is 0 Å². The maximum Gasteiger partial charge on any atom is 0.251 e. The molecule has 3 heteroatoms. The van der Waals surface area contributed by atoms with Crippen molar-refractivity contribution in [3.05, 3.63) is 0 Å². The zero-order valence-electron chi connectivity index (χ0n) is 5.74. The highest BCUT2D eigenvalue weighted by Crippen LogP contribution is 2.37. The minimum Gasteiger partial charge on any atom is -0.311 e. The van der Waals surface area contributed by atoms with Crippen LogP contribution in [-0.4, -0.2) is 18.0 Å². The highest BCUT2D eigenvalue weighted by atomic mass is 19.3. The Morgan fingerprint density at radius 2 is 1.60 bits per heavy atom. The van der Waals surface area contributed by atoms with Gasteiger partial charge in [-0.15, -0.1) is 0 Å². The summed E-state index contributed by atoms with van der Waals surface area (Å²) >= 11 is 0. The molecule has 0 aromatic heterocycles. The van der Waals surface area contributed by atoms with Crippen LogP contribution in [0.2, 0.25) is 0 Å². The third-order valence-corrected chi connectivity index (χ3v) is 2.43. The van der Waals surface area contributed by atoms with Gasteiger partial charge in [0.2, 0.25) is 0 Å². The van der Waals surface area contributed by atoms with Crippen LogP contribution in [0.5, 0.6) is 0 Å². The highest BCUT2D eigenvalue weighted by molar-refractivity contribution is 4.95. The minimum atomic E-state index is -2.38. The number of hydrogen-bond acceptors (Lipinski definition) is 1. The number of piperidine rings is 1. The maximum absolute atomic E-state index is 12.7. The molecule has 2 rings (SSSR count). The van der Waals surface area contributed by atoms with Crippen molar-refractivity contribution in [2.45, 2.75) is 43.7 Å². The molecule has 2 aliphatic rings. The second-order valence-corrected chi connectivity index (χ2v) is 3.40. The van der Waals surface area contributed by atoms with Crippen LogP contribution >= 0.6 is 0 Å². The molecule has 2 atom stereocenters. The Kier molecular flexibility index (Phi) is 1.24. The van der Waals surface area contributed by atoms with Crippen LogP contribution < -0.4 is 5.32 Å². The monoisotopic (exact) mass is 147 g/mol. The normalized spacial score (nSPS) is 43.8. The van der Waals surface area contributed by atoms with Crippen LogP contribution in [0.3, 0.4) is 0 Å². The molecule has 0 saturated carbocycles. The number of hydrogen-bond donors (Lipinski definition) is 1. The van der Waals surface area contributed by atoms with E-state index in [0.29, 0.717) is 0 Å². The van der Waals surface area contributed by atoms with E-state index in [4.69, 9.17) is 0 Å². The summed E-state index contributed by atoms with van der Waals surface area (Å²) in [6.07, 6.45) is 2.01. The van der Waals surface area contributed by atoms with Gasteiger partial charge in [-0.1, -0.05) is 0 Å². The number of halogens is 2. The molecule has 0 amide bonds. The van der Waals surface area contributed by atoms with Gasteiger partial charge in [-0.05, 0) is 12.8 Å². The van der Waals surface area contributed by atoms with Gasteiger partial charge in [-0.25, -0.2) is 8.78 Å². The average Bonchev–Trinajstić information content (AvgIpc) is 2.08. The largest absolute Gasteiger partial charge is 0.311 e. The van der Waals surface area contributed by atoms with Crippen molar-refractivity contribution >= 4 is 0 Å². The third kappa shape index (κ3) is 1.03. The standard InChI is InChI=1S/C7H11F2N/c8-7(9)3-5-1-2-6(4-7)10-5/h5-6,10H,1-4H2/t5-,6+. The lowest BCUT2D eigenvalue weighted by Gasteiger charge is -2.28. The fourth-order valence-electron chi connectivity index (χ4n) is 2.03. The van der Waals surface area contributed by atoms with Crippen molar-refractivity contribution in [3.8, 4) is 0 Å². The maximum atomic E-state index is 12.7. The molecule has 0 spiro atoms. The first-order valence-electron chi connectivity index (χ1n) is 3.80. The Morgan fingerprint density at radius 1 is 1.10 bits per heavy atom.